The van der Waals surface area contributed by atoms with E-state index in [-0.39, 0.29) is 17.4 Å². The average Bonchev–Trinajstić information content (AvgIpc) is 2.57. The molecule has 1 amide bonds. The Kier molecular flexibility index (Phi) is 5.96. The van der Waals surface area contributed by atoms with Crippen LogP contribution < -0.4 is 15.6 Å². The van der Waals surface area contributed by atoms with Gasteiger partial charge in [-0.2, -0.15) is 0 Å². The van der Waals surface area contributed by atoms with Gasteiger partial charge >= 0.3 is 0 Å². The number of carbonyl (C=O) groups excluding carboxylic acids is 1. The number of rotatable bonds is 6. The summed E-state index contributed by atoms with van der Waals surface area (Å²) in [6, 6.07) is 5.35. The molecule has 6 heteroatoms. The lowest BCUT2D eigenvalue weighted by Crippen LogP contribution is -2.18. The summed E-state index contributed by atoms with van der Waals surface area (Å²) in [4.78, 5) is 31.3. The van der Waals surface area contributed by atoms with Crippen LogP contribution in [0.15, 0.2) is 23.0 Å². The van der Waals surface area contributed by atoms with Crippen LogP contribution in [-0.4, -0.2) is 22.5 Å². The molecule has 2 N–H and O–H groups in total. The predicted molar refractivity (Wildman–Crippen MR) is 99.0 cm³/mol. The molecular weight excluding hydrogens is 318 g/mol. The molecule has 0 spiro atoms. The van der Waals surface area contributed by atoms with Gasteiger partial charge in [-0.3, -0.25) is 9.59 Å². The summed E-state index contributed by atoms with van der Waals surface area (Å²) < 4.78 is 5.78. The minimum atomic E-state index is -0.180. The number of nitrogens with one attached hydrogen (secondary N) is 2. The van der Waals surface area contributed by atoms with Crippen molar-refractivity contribution in [2.45, 2.75) is 41.0 Å². The van der Waals surface area contributed by atoms with Gasteiger partial charge in [0.05, 0.1) is 12.2 Å². The van der Waals surface area contributed by atoms with Crippen molar-refractivity contribution in [2.75, 3.05) is 11.9 Å². The number of H-pyrrole nitrogens is 1. The number of aromatic nitrogens is 2. The maximum absolute atomic E-state index is 12.1. The van der Waals surface area contributed by atoms with Crippen LogP contribution in [-0.2, 0) is 4.79 Å². The largest absolute Gasteiger partial charge is 0.493 e. The summed E-state index contributed by atoms with van der Waals surface area (Å²) in [7, 11) is 0. The van der Waals surface area contributed by atoms with Gasteiger partial charge in [0.2, 0.25) is 5.91 Å². The quantitative estimate of drug-likeness (QED) is 0.841. The van der Waals surface area contributed by atoms with Gasteiger partial charge < -0.3 is 15.0 Å². The van der Waals surface area contributed by atoms with Gasteiger partial charge in [0, 0.05) is 22.9 Å². The molecule has 6 nitrogen and oxygen atoms in total. The Balaban J connectivity index is 2.51. The molecule has 0 unspecified atom stereocenters. The van der Waals surface area contributed by atoms with E-state index in [1.807, 2.05) is 20.8 Å². The topological polar surface area (TPSA) is 84.1 Å². The number of aromatic amines is 1. The first-order valence-corrected chi connectivity index (χ1v) is 8.49. The van der Waals surface area contributed by atoms with E-state index in [4.69, 9.17) is 4.74 Å². The Morgan fingerprint density at radius 3 is 2.64 bits per heavy atom. The van der Waals surface area contributed by atoms with Crippen molar-refractivity contribution < 1.29 is 9.53 Å². The third kappa shape index (κ3) is 4.47. The minimum Gasteiger partial charge on any atom is -0.493 e. The molecule has 0 bridgehead atoms. The number of hydrogen-bond acceptors (Lipinski definition) is 4. The maximum atomic E-state index is 12.1. The van der Waals surface area contributed by atoms with Crippen LogP contribution in [0.3, 0.4) is 0 Å². The van der Waals surface area contributed by atoms with Gasteiger partial charge in [-0.1, -0.05) is 20.8 Å². The van der Waals surface area contributed by atoms with E-state index in [0.717, 1.165) is 6.42 Å². The molecule has 0 radical (unpaired) electrons. The third-order valence-electron chi connectivity index (χ3n) is 3.88. The van der Waals surface area contributed by atoms with Gasteiger partial charge in [0.1, 0.15) is 11.6 Å². The van der Waals surface area contributed by atoms with E-state index >= 15 is 0 Å². The van der Waals surface area contributed by atoms with Gasteiger partial charge in [-0.25, -0.2) is 4.98 Å². The van der Waals surface area contributed by atoms with Crippen molar-refractivity contribution in [3.8, 4) is 17.1 Å². The second kappa shape index (κ2) is 7.96. The summed E-state index contributed by atoms with van der Waals surface area (Å²) in [6.45, 7) is 9.77. The van der Waals surface area contributed by atoms with Crippen LogP contribution in [0.1, 0.15) is 38.4 Å². The molecule has 2 aromatic rings. The number of nitrogens with zero attached hydrogens (tertiary/aromatic N) is 1. The number of benzene rings is 1. The van der Waals surface area contributed by atoms with Crippen molar-refractivity contribution in [3.05, 3.63) is 39.8 Å². The Hall–Kier alpha value is -2.63. The first kappa shape index (κ1) is 18.7. The van der Waals surface area contributed by atoms with Gasteiger partial charge in [0.25, 0.3) is 5.56 Å². The molecule has 25 heavy (non-hydrogen) atoms. The number of anilines is 1. The fourth-order valence-corrected chi connectivity index (χ4v) is 2.19. The number of amides is 1. The highest BCUT2D eigenvalue weighted by atomic mass is 16.5. The highest BCUT2D eigenvalue weighted by Crippen LogP contribution is 2.31. The standard InChI is InChI=1S/C19H25N3O3/c1-6-9-25-16-8-7-14(21-18(23)11(2)3)10-15(16)17-20-13(5)12(4)19(24)22-17/h7-8,10-11H,6,9H2,1-5H3,(H,21,23)(H,20,22,24). The molecule has 0 aliphatic carbocycles. The predicted octanol–water partition coefficient (Wildman–Crippen LogP) is 3.44. The number of hydrogen-bond donors (Lipinski definition) is 2. The summed E-state index contributed by atoms with van der Waals surface area (Å²) in [5, 5.41) is 2.86. The zero-order chi connectivity index (χ0) is 18.6. The number of carbonyl (C=O) groups is 1. The van der Waals surface area contributed by atoms with Crippen LogP contribution in [0, 0.1) is 19.8 Å². The van der Waals surface area contributed by atoms with Gasteiger partial charge in [-0.05, 0) is 38.5 Å². The van der Waals surface area contributed by atoms with Crippen molar-refractivity contribution in [2.24, 2.45) is 5.92 Å². The zero-order valence-corrected chi connectivity index (χ0v) is 15.4. The van der Waals surface area contributed by atoms with E-state index in [1.165, 1.54) is 0 Å². The first-order valence-electron chi connectivity index (χ1n) is 8.49. The third-order valence-corrected chi connectivity index (χ3v) is 3.88. The summed E-state index contributed by atoms with van der Waals surface area (Å²) in [5.41, 5.74) is 2.36. The summed E-state index contributed by atoms with van der Waals surface area (Å²) >= 11 is 0. The Morgan fingerprint density at radius 2 is 2.04 bits per heavy atom. The van der Waals surface area contributed by atoms with Crippen LogP contribution in [0.2, 0.25) is 0 Å². The maximum Gasteiger partial charge on any atom is 0.254 e. The molecule has 0 fully saturated rings. The van der Waals surface area contributed by atoms with E-state index in [0.29, 0.717) is 40.7 Å². The summed E-state index contributed by atoms with van der Waals surface area (Å²) in [6.07, 6.45) is 0.863. The van der Waals surface area contributed by atoms with Crippen LogP contribution in [0.5, 0.6) is 5.75 Å². The Labute approximate surface area is 147 Å². The lowest BCUT2D eigenvalue weighted by atomic mass is 10.1. The molecule has 1 aromatic heterocycles. The van der Waals surface area contributed by atoms with Gasteiger partial charge in [-0.15, -0.1) is 0 Å². The summed E-state index contributed by atoms with van der Waals surface area (Å²) in [5.74, 6) is 0.851. The molecule has 0 aliphatic rings. The van der Waals surface area contributed by atoms with E-state index in [2.05, 4.69) is 15.3 Å². The highest BCUT2D eigenvalue weighted by molar-refractivity contribution is 5.93. The van der Waals surface area contributed by atoms with Crippen LogP contribution >= 0.6 is 0 Å². The van der Waals surface area contributed by atoms with Crippen LogP contribution in [0.4, 0.5) is 5.69 Å². The van der Waals surface area contributed by atoms with Crippen molar-refractivity contribution in [1.82, 2.24) is 9.97 Å². The first-order chi connectivity index (χ1) is 11.8. The number of ether oxygens (including phenoxy) is 1. The van der Waals surface area contributed by atoms with Gasteiger partial charge in [0.15, 0.2) is 0 Å². The SMILES string of the molecule is CCCOc1ccc(NC(=O)C(C)C)cc1-c1nc(C)c(C)c(=O)[nH]1. The molecule has 0 atom stereocenters. The average molecular weight is 343 g/mol. The molecule has 1 aromatic carbocycles. The second-order valence-corrected chi connectivity index (χ2v) is 6.33. The van der Waals surface area contributed by atoms with E-state index < -0.39 is 0 Å². The molecule has 134 valence electrons. The van der Waals surface area contributed by atoms with Crippen LogP contribution in [0.25, 0.3) is 11.4 Å². The highest BCUT2D eigenvalue weighted by Gasteiger charge is 2.14. The molecular formula is C19H25N3O3. The molecule has 0 aliphatic heterocycles. The normalized spacial score (nSPS) is 10.8. The fraction of sp³-hybridized carbons (Fsp3) is 0.421. The van der Waals surface area contributed by atoms with E-state index in [9.17, 15) is 9.59 Å². The fourth-order valence-electron chi connectivity index (χ4n) is 2.19. The molecule has 0 saturated carbocycles. The Bertz CT molecular complexity index is 825. The molecule has 2 rings (SSSR count). The minimum absolute atomic E-state index is 0.0743. The molecule has 0 saturated heterocycles. The Morgan fingerprint density at radius 1 is 1.32 bits per heavy atom. The monoisotopic (exact) mass is 343 g/mol. The van der Waals surface area contributed by atoms with Crippen molar-refractivity contribution in [1.29, 1.82) is 0 Å². The number of aryl methyl sites for hydroxylation is 1. The van der Waals surface area contributed by atoms with Crippen molar-refractivity contribution in [3.63, 3.8) is 0 Å². The smallest absolute Gasteiger partial charge is 0.254 e. The zero-order valence-electron chi connectivity index (χ0n) is 15.4. The van der Waals surface area contributed by atoms with E-state index in [1.54, 1.807) is 32.0 Å². The second-order valence-electron chi connectivity index (χ2n) is 6.33. The van der Waals surface area contributed by atoms with Crippen molar-refractivity contribution >= 4 is 11.6 Å². The lowest BCUT2D eigenvalue weighted by Gasteiger charge is -2.14. The lowest BCUT2D eigenvalue weighted by molar-refractivity contribution is -0.118. The molecule has 1 heterocycles.